The highest BCUT2D eigenvalue weighted by Crippen LogP contribution is 2.58. The highest BCUT2D eigenvalue weighted by Gasteiger charge is 2.56. The van der Waals surface area contributed by atoms with E-state index in [-0.39, 0.29) is 5.60 Å². The van der Waals surface area contributed by atoms with Gasteiger partial charge in [-0.05, 0) is 61.1 Å². The summed E-state index contributed by atoms with van der Waals surface area (Å²) in [6, 6.07) is 13.0. The Hall–Kier alpha value is -1.76. The summed E-state index contributed by atoms with van der Waals surface area (Å²) in [6.45, 7) is 2.27. The van der Waals surface area contributed by atoms with Gasteiger partial charge in [0.25, 0.3) is 0 Å². The third-order valence-corrected chi connectivity index (χ3v) is 6.02. The van der Waals surface area contributed by atoms with Crippen molar-refractivity contribution in [3.8, 4) is 5.75 Å². The van der Waals surface area contributed by atoms with Gasteiger partial charge in [-0.25, -0.2) is 0 Å². The maximum Gasteiger partial charge on any atom is 0.133 e. The summed E-state index contributed by atoms with van der Waals surface area (Å²) in [4.78, 5) is 0. The van der Waals surface area contributed by atoms with Gasteiger partial charge < -0.3 is 4.74 Å². The molecule has 2 saturated carbocycles. The van der Waals surface area contributed by atoms with Crippen molar-refractivity contribution in [1.82, 2.24) is 0 Å². The lowest BCUT2D eigenvalue weighted by Crippen LogP contribution is -2.41. The highest BCUT2D eigenvalue weighted by atomic mass is 16.5. The Bertz CT molecular complexity index is 751. The van der Waals surface area contributed by atoms with E-state index < -0.39 is 0 Å². The zero-order valence-electron chi connectivity index (χ0n) is 12.4. The molecule has 0 aromatic heterocycles. The average Bonchev–Trinajstić information content (AvgIpc) is 3.00. The van der Waals surface area contributed by atoms with Gasteiger partial charge in [-0.1, -0.05) is 30.3 Å². The van der Waals surface area contributed by atoms with E-state index in [9.17, 15) is 0 Å². The van der Waals surface area contributed by atoms with Crippen LogP contribution < -0.4 is 4.74 Å². The zero-order chi connectivity index (χ0) is 14.0. The number of fused-ring (bicyclic) bond motifs is 3. The van der Waals surface area contributed by atoms with Crippen LogP contribution in [0.1, 0.15) is 38.2 Å². The quantitative estimate of drug-likeness (QED) is 0.643. The first-order chi connectivity index (χ1) is 10.3. The molecule has 1 heteroatoms. The van der Waals surface area contributed by atoms with Crippen LogP contribution in [-0.4, -0.2) is 5.60 Å². The summed E-state index contributed by atoms with van der Waals surface area (Å²) in [6.07, 6.45) is 7.85. The van der Waals surface area contributed by atoms with Crippen molar-refractivity contribution < 1.29 is 4.74 Å². The summed E-state index contributed by atoms with van der Waals surface area (Å²) >= 11 is 0. The molecule has 2 aliphatic carbocycles. The molecule has 0 radical (unpaired) electrons. The first-order valence-electron chi connectivity index (χ1n) is 8.18. The monoisotopic (exact) mass is 276 g/mol. The second kappa shape index (κ2) is 3.91. The van der Waals surface area contributed by atoms with E-state index in [0.29, 0.717) is 0 Å². The van der Waals surface area contributed by atoms with Gasteiger partial charge in [-0.15, -0.1) is 0 Å². The lowest BCUT2D eigenvalue weighted by molar-refractivity contribution is 0.0692. The van der Waals surface area contributed by atoms with Crippen LogP contribution in [0.5, 0.6) is 5.75 Å². The van der Waals surface area contributed by atoms with Crippen LogP contribution in [0.15, 0.2) is 42.5 Å². The molecule has 5 rings (SSSR count). The third-order valence-electron chi connectivity index (χ3n) is 6.02. The topological polar surface area (TPSA) is 9.23 Å². The third kappa shape index (κ3) is 1.42. The number of rotatable bonds is 0. The lowest BCUT2D eigenvalue weighted by atomic mass is 9.84. The van der Waals surface area contributed by atoms with Crippen LogP contribution in [0.4, 0.5) is 0 Å². The van der Waals surface area contributed by atoms with Gasteiger partial charge in [-0.2, -0.15) is 0 Å². The van der Waals surface area contributed by atoms with E-state index in [1.165, 1.54) is 47.6 Å². The van der Waals surface area contributed by atoms with Crippen molar-refractivity contribution >= 4 is 16.3 Å². The Labute approximate surface area is 125 Å². The van der Waals surface area contributed by atoms with Gasteiger partial charge in [0.1, 0.15) is 11.4 Å². The van der Waals surface area contributed by atoms with Crippen molar-refractivity contribution in [1.29, 1.82) is 0 Å². The predicted molar refractivity (Wildman–Crippen MR) is 86.4 cm³/mol. The summed E-state index contributed by atoms with van der Waals surface area (Å²) in [5.74, 6) is 2.57. The van der Waals surface area contributed by atoms with E-state index in [4.69, 9.17) is 4.74 Å². The number of benzene rings is 2. The Kier molecular flexibility index (Phi) is 2.21. The van der Waals surface area contributed by atoms with Gasteiger partial charge in [0, 0.05) is 17.4 Å². The van der Waals surface area contributed by atoms with Crippen molar-refractivity contribution in [2.45, 2.75) is 38.2 Å². The minimum absolute atomic E-state index is 0.0134. The number of allylic oxidation sites excluding steroid dienone is 1. The first-order valence-corrected chi connectivity index (χ1v) is 8.18. The predicted octanol–water partition coefficient (Wildman–Crippen LogP) is 5.19. The summed E-state index contributed by atoms with van der Waals surface area (Å²) < 4.78 is 6.67. The molecular formula is C20H20O. The molecule has 0 N–H and O–H groups in total. The minimum atomic E-state index is 0.0134. The molecule has 1 heterocycles. The van der Waals surface area contributed by atoms with E-state index in [1.807, 2.05) is 0 Å². The van der Waals surface area contributed by atoms with Crippen LogP contribution in [0.2, 0.25) is 0 Å². The molecule has 2 bridgehead atoms. The molecule has 1 nitrogen and oxygen atoms in total. The van der Waals surface area contributed by atoms with Crippen LogP contribution in [0, 0.1) is 11.8 Å². The Morgan fingerprint density at radius 1 is 0.952 bits per heavy atom. The lowest BCUT2D eigenvalue weighted by Gasteiger charge is -2.38. The zero-order valence-corrected chi connectivity index (χ0v) is 12.4. The van der Waals surface area contributed by atoms with Crippen molar-refractivity contribution in [3.63, 3.8) is 0 Å². The molecular weight excluding hydrogens is 256 g/mol. The van der Waals surface area contributed by atoms with Crippen LogP contribution in [0.25, 0.3) is 16.3 Å². The Morgan fingerprint density at radius 3 is 2.43 bits per heavy atom. The summed E-state index contributed by atoms with van der Waals surface area (Å²) in [5.41, 5.74) is 2.73. The maximum atomic E-state index is 6.67. The van der Waals surface area contributed by atoms with E-state index in [1.54, 1.807) is 0 Å². The molecule has 3 aliphatic rings. The molecule has 0 amide bonds. The minimum Gasteiger partial charge on any atom is -0.482 e. The smallest absolute Gasteiger partial charge is 0.133 e. The second-order valence-electron chi connectivity index (χ2n) is 6.99. The van der Waals surface area contributed by atoms with Crippen molar-refractivity contribution in [2.24, 2.45) is 11.8 Å². The van der Waals surface area contributed by atoms with Crippen LogP contribution in [-0.2, 0) is 0 Å². The molecule has 106 valence electrons. The van der Waals surface area contributed by atoms with E-state index in [2.05, 4.69) is 49.4 Å². The number of hydrogen-bond donors (Lipinski definition) is 0. The molecule has 2 aromatic rings. The second-order valence-corrected chi connectivity index (χ2v) is 6.99. The average molecular weight is 276 g/mol. The molecule has 2 fully saturated rings. The van der Waals surface area contributed by atoms with Crippen LogP contribution in [0.3, 0.4) is 0 Å². The van der Waals surface area contributed by atoms with Gasteiger partial charge in [0.15, 0.2) is 0 Å². The normalized spacial score (nSPS) is 33.1. The van der Waals surface area contributed by atoms with E-state index in [0.717, 1.165) is 17.6 Å². The molecule has 0 saturated heterocycles. The molecule has 0 atom stereocenters. The van der Waals surface area contributed by atoms with Crippen LogP contribution >= 0.6 is 0 Å². The number of hydrogen-bond acceptors (Lipinski definition) is 1. The van der Waals surface area contributed by atoms with Crippen molar-refractivity contribution in [2.75, 3.05) is 0 Å². The van der Waals surface area contributed by atoms with Gasteiger partial charge in [-0.3, -0.25) is 0 Å². The molecule has 21 heavy (non-hydrogen) atoms. The largest absolute Gasteiger partial charge is 0.482 e. The van der Waals surface area contributed by atoms with Gasteiger partial charge in [0.2, 0.25) is 0 Å². The summed E-state index contributed by atoms with van der Waals surface area (Å²) in [7, 11) is 0. The molecule has 0 unspecified atom stereocenters. The van der Waals surface area contributed by atoms with Gasteiger partial charge in [0.05, 0.1) is 0 Å². The molecule has 2 aromatic carbocycles. The molecule has 1 aliphatic heterocycles. The maximum absolute atomic E-state index is 6.67. The van der Waals surface area contributed by atoms with E-state index >= 15 is 0 Å². The van der Waals surface area contributed by atoms with Crippen molar-refractivity contribution in [3.05, 3.63) is 48.0 Å². The fourth-order valence-electron chi connectivity index (χ4n) is 5.11. The fraction of sp³-hybridized carbons (Fsp3) is 0.400. The summed E-state index contributed by atoms with van der Waals surface area (Å²) in [5, 5.41) is 2.63. The standard InChI is InChI=1S/C20H20O/c1-13-12-20(15-7-8-16(20)10-9-15)21-18-11-6-14-4-2-3-5-17(14)19(13)18/h2-6,11-12,15-16H,7-10H2,1H3. The van der Waals surface area contributed by atoms with Gasteiger partial charge >= 0.3 is 0 Å². The fourth-order valence-corrected chi connectivity index (χ4v) is 5.11. The SMILES string of the molecule is CC1=CC2(Oc3ccc4ccccc4c31)C1CCC2CC1. The first kappa shape index (κ1) is 11.9. The Balaban J connectivity index is 1.75. The number of ether oxygens (including phenoxy) is 1. The molecule has 1 spiro atoms. The highest BCUT2D eigenvalue weighted by molar-refractivity contribution is 5.97. The Morgan fingerprint density at radius 2 is 1.67 bits per heavy atom.